The third kappa shape index (κ3) is 2.97. The second-order valence-electron chi connectivity index (χ2n) is 5.57. The number of nitrogens with two attached hydrogens (primary N) is 2. The molecule has 0 aliphatic carbocycles. The van der Waals surface area contributed by atoms with E-state index in [0.29, 0.717) is 6.54 Å². The Bertz CT molecular complexity index is 636. The molecule has 8 heteroatoms. The van der Waals surface area contributed by atoms with Crippen LogP contribution in [0, 0.1) is 0 Å². The van der Waals surface area contributed by atoms with Gasteiger partial charge in [-0.2, -0.15) is 4.31 Å². The number of aryl methyl sites for hydroxylation is 1. The molecule has 0 aromatic carbocycles. The molecule has 0 radical (unpaired) electrons. The van der Waals surface area contributed by atoms with Gasteiger partial charge in [0.1, 0.15) is 10.6 Å². The van der Waals surface area contributed by atoms with Gasteiger partial charge in [-0.05, 0) is 25.8 Å². The van der Waals surface area contributed by atoms with Gasteiger partial charge >= 0.3 is 0 Å². The fraction of sp³-hybridized carbons (Fsp3) is 0.615. The molecule has 1 amide bonds. The Labute approximate surface area is 124 Å². The quantitative estimate of drug-likeness (QED) is 0.815. The standard InChI is InChI=1S/C13H22N4O3S/c1-9(14)11-5-3-4-6-17(11)21(19,20)10-7-12(13(15)18)16(2)8-10/h7-9,11H,3-6,14H2,1-2H3,(H2,15,18). The smallest absolute Gasteiger partial charge is 0.265 e. The minimum absolute atomic E-state index is 0.0892. The van der Waals surface area contributed by atoms with Crippen LogP contribution in [0.15, 0.2) is 17.2 Å². The van der Waals surface area contributed by atoms with E-state index in [1.165, 1.54) is 21.1 Å². The van der Waals surface area contributed by atoms with Crippen molar-refractivity contribution in [2.45, 2.75) is 43.2 Å². The van der Waals surface area contributed by atoms with Crippen molar-refractivity contribution in [3.8, 4) is 0 Å². The van der Waals surface area contributed by atoms with Crippen molar-refractivity contribution < 1.29 is 13.2 Å². The molecule has 1 aromatic heterocycles. The summed E-state index contributed by atoms with van der Waals surface area (Å²) in [5.41, 5.74) is 11.3. The lowest BCUT2D eigenvalue weighted by Gasteiger charge is -2.36. The third-order valence-electron chi connectivity index (χ3n) is 3.94. The average molecular weight is 314 g/mol. The minimum atomic E-state index is -3.67. The van der Waals surface area contributed by atoms with Gasteiger partial charge < -0.3 is 16.0 Å². The first kappa shape index (κ1) is 16.0. The van der Waals surface area contributed by atoms with Gasteiger partial charge in [0.2, 0.25) is 10.0 Å². The number of nitrogens with zero attached hydrogens (tertiary/aromatic N) is 2. The van der Waals surface area contributed by atoms with Gasteiger partial charge in [-0.3, -0.25) is 4.79 Å². The van der Waals surface area contributed by atoms with E-state index >= 15 is 0 Å². The molecule has 0 spiro atoms. The number of piperidine rings is 1. The maximum atomic E-state index is 12.8. The predicted octanol–water partition coefficient (Wildman–Crippen LogP) is 0.0144. The predicted molar refractivity (Wildman–Crippen MR) is 79.1 cm³/mol. The summed E-state index contributed by atoms with van der Waals surface area (Å²) in [6, 6.07) is 0.880. The molecule has 1 aromatic rings. The van der Waals surface area contributed by atoms with E-state index in [2.05, 4.69) is 0 Å². The number of carbonyl (C=O) groups excluding carboxylic acids is 1. The van der Waals surface area contributed by atoms with Crippen molar-refractivity contribution in [3.05, 3.63) is 18.0 Å². The highest BCUT2D eigenvalue weighted by Crippen LogP contribution is 2.27. The van der Waals surface area contributed by atoms with Crippen molar-refractivity contribution in [1.82, 2.24) is 8.87 Å². The van der Waals surface area contributed by atoms with E-state index in [9.17, 15) is 13.2 Å². The molecule has 2 atom stereocenters. The summed E-state index contributed by atoms with van der Waals surface area (Å²) in [6.45, 7) is 2.27. The van der Waals surface area contributed by atoms with Gasteiger partial charge in [-0.25, -0.2) is 8.42 Å². The molecular weight excluding hydrogens is 292 g/mol. The number of rotatable bonds is 4. The van der Waals surface area contributed by atoms with Gasteiger partial charge in [-0.1, -0.05) is 6.42 Å². The molecule has 1 aliphatic heterocycles. The van der Waals surface area contributed by atoms with Crippen molar-refractivity contribution in [1.29, 1.82) is 0 Å². The van der Waals surface area contributed by atoms with Crippen LogP contribution in [0.5, 0.6) is 0 Å². The average Bonchev–Trinajstić information content (AvgIpc) is 2.81. The maximum Gasteiger partial charge on any atom is 0.265 e. The largest absolute Gasteiger partial charge is 0.364 e. The van der Waals surface area contributed by atoms with E-state index in [-0.39, 0.29) is 22.7 Å². The molecule has 21 heavy (non-hydrogen) atoms. The summed E-state index contributed by atoms with van der Waals surface area (Å²) in [4.78, 5) is 11.4. The SMILES string of the molecule is CC(N)C1CCCCN1S(=O)(=O)c1cc(C(N)=O)n(C)c1. The molecule has 2 heterocycles. The zero-order valence-corrected chi connectivity index (χ0v) is 13.1. The Balaban J connectivity index is 2.40. The highest BCUT2D eigenvalue weighted by molar-refractivity contribution is 7.89. The molecule has 7 nitrogen and oxygen atoms in total. The number of carbonyl (C=O) groups is 1. The Morgan fingerprint density at radius 3 is 2.62 bits per heavy atom. The highest BCUT2D eigenvalue weighted by Gasteiger charge is 2.36. The first-order valence-corrected chi connectivity index (χ1v) is 8.42. The van der Waals surface area contributed by atoms with Crippen LogP contribution in [0.4, 0.5) is 0 Å². The van der Waals surface area contributed by atoms with Crippen LogP contribution in [0.1, 0.15) is 36.7 Å². The van der Waals surface area contributed by atoms with Crippen molar-refractivity contribution in [2.24, 2.45) is 18.5 Å². The highest BCUT2D eigenvalue weighted by atomic mass is 32.2. The van der Waals surface area contributed by atoms with Crippen molar-refractivity contribution >= 4 is 15.9 Å². The summed E-state index contributed by atoms with van der Waals surface area (Å²) in [5.74, 6) is -0.652. The lowest BCUT2D eigenvalue weighted by atomic mass is 10.00. The van der Waals surface area contributed by atoms with E-state index in [4.69, 9.17) is 11.5 Å². The number of hydrogen-bond acceptors (Lipinski definition) is 4. The third-order valence-corrected chi connectivity index (χ3v) is 5.83. The summed E-state index contributed by atoms with van der Waals surface area (Å²) in [5, 5.41) is 0. The van der Waals surface area contributed by atoms with Crippen molar-refractivity contribution in [3.63, 3.8) is 0 Å². The number of sulfonamides is 1. The normalized spacial score (nSPS) is 22.1. The second-order valence-corrected chi connectivity index (χ2v) is 7.46. The number of amides is 1. The topological polar surface area (TPSA) is 111 Å². The molecule has 118 valence electrons. The lowest BCUT2D eigenvalue weighted by Crippen LogP contribution is -2.51. The maximum absolute atomic E-state index is 12.8. The van der Waals surface area contributed by atoms with Gasteiger partial charge in [0, 0.05) is 31.9 Å². The van der Waals surface area contributed by atoms with E-state index in [1.54, 1.807) is 7.05 Å². The molecular formula is C13H22N4O3S. The number of aromatic nitrogens is 1. The summed E-state index contributed by atoms with van der Waals surface area (Å²) in [7, 11) is -2.07. The van der Waals surface area contributed by atoms with Gasteiger partial charge in [0.15, 0.2) is 0 Å². The molecule has 2 rings (SSSR count). The van der Waals surface area contributed by atoms with Crippen LogP contribution in [0.25, 0.3) is 0 Å². The Kier molecular flexibility index (Phi) is 4.40. The fourth-order valence-electron chi connectivity index (χ4n) is 2.81. The molecule has 1 saturated heterocycles. The van der Waals surface area contributed by atoms with Gasteiger partial charge in [0.05, 0.1) is 0 Å². The molecule has 0 bridgehead atoms. The zero-order chi connectivity index (χ0) is 15.8. The Hall–Kier alpha value is -1.38. The van der Waals surface area contributed by atoms with Crippen LogP contribution >= 0.6 is 0 Å². The molecule has 2 unspecified atom stereocenters. The van der Waals surface area contributed by atoms with E-state index < -0.39 is 15.9 Å². The Morgan fingerprint density at radius 2 is 2.10 bits per heavy atom. The van der Waals surface area contributed by atoms with Crippen LogP contribution in [0.2, 0.25) is 0 Å². The first-order valence-electron chi connectivity index (χ1n) is 6.98. The monoisotopic (exact) mass is 314 g/mol. The molecule has 0 saturated carbocycles. The second kappa shape index (κ2) is 5.78. The summed E-state index contributed by atoms with van der Waals surface area (Å²) < 4.78 is 28.5. The van der Waals surface area contributed by atoms with Gasteiger partial charge in [0.25, 0.3) is 5.91 Å². The molecule has 4 N–H and O–H groups in total. The van der Waals surface area contributed by atoms with Crippen LogP contribution < -0.4 is 11.5 Å². The number of primary amides is 1. The van der Waals surface area contributed by atoms with Crippen LogP contribution in [-0.2, 0) is 17.1 Å². The van der Waals surface area contributed by atoms with Crippen molar-refractivity contribution in [2.75, 3.05) is 6.54 Å². The van der Waals surface area contributed by atoms with Crippen LogP contribution in [-0.4, -0.2) is 41.8 Å². The zero-order valence-electron chi connectivity index (χ0n) is 12.3. The van der Waals surface area contributed by atoms with E-state index in [0.717, 1.165) is 19.3 Å². The molecule has 1 aliphatic rings. The van der Waals surface area contributed by atoms with Crippen LogP contribution in [0.3, 0.4) is 0 Å². The Morgan fingerprint density at radius 1 is 1.43 bits per heavy atom. The summed E-state index contributed by atoms with van der Waals surface area (Å²) >= 11 is 0. The number of hydrogen-bond donors (Lipinski definition) is 2. The van der Waals surface area contributed by atoms with Gasteiger partial charge in [-0.15, -0.1) is 0 Å². The lowest BCUT2D eigenvalue weighted by molar-refractivity contribution is 0.0992. The summed E-state index contributed by atoms with van der Waals surface area (Å²) in [6.07, 6.45) is 3.96. The minimum Gasteiger partial charge on any atom is -0.364 e. The molecule has 1 fully saturated rings. The first-order chi connectivity index (χ1) is 9.75. The van der Waals surface area contributed by atoms with E-state index in [1.807, 2.05) is 6.92 Å². The fourth-order valence-corrected chi connectivity index (χ4v) is 4.66.